The number of carbonyl (C=O) groups is 2. The average Bonchev–Trinajstić information content (AvgIpc) is 3.17. The maximum absolute atomic E-state index is 13.1. The molecule has 0 aliphatic carbocycles. The van der Waals surface area contributed by atoms with Gasteiger partial charge in [0, 0.05) is 13.7 Å². The minimum Gasteiger partial charge on any atom is -0.460 e. The summed E-state index contributed by atoms with van der Waals surface area (Å²) in [6.07, 6.45) is -3.17. The van der Waals surface area contributed by atoms with E-state index in [2.05, 4.69) is 5.32 Å². The first-order chi connectivity index (χ1) is 15.0. The van der Waals surface area contributed by atoms with E-state index < -0.39 is 54.0 Å². The fraction of sp³-hybridized carbons (Fsp3) is 0.652. The van der Waals surface area contributed by atoms with Gasteiger partial charge in [-0.05, 0) is 40.2 Å². The molecule has 0 bridgehead atoms. The molecule has 1 N–H and O–H groups in total. The summed E-state index contributed by atoms with van der Waals surface area (Å²) in [6.45, 7) is 8.89. The molecule has 2 aliphatic heterocycles. The molecule has 0 aromatic heterocycles. The van der Waals surface area contributed by atoms with E-state index in [1.165, 1.54) is 7.11 Å². The summed E-state index contributed by atoms with van der Waals surface area (Å²) >= 11 is 0. The Bertz CT molecular complexity index is 791. The van der Waals surface area contributed by atoms with Crippen LogP contribution in [-0.2, 0) is 39.8 Å². The molecule has 0 radical (unpaired) electrons. The highest BCUT2D eigenvalue weighted by atomic mass is 16.8. The molecule has 0 saturated carbocycles. The van der Waals surface area contributed by atoms with Gasteiger partial charge in [0.2, 0.25) is 0 Å². The first kappa shape index (κ1) is 24.4. The lowest BCUT2D eigenvalue weighted by atomic mass is 9.96. The summed E-state index contributed by atoms with van der Waals surface area (Å²) in [5.41, 5.74) is 0.178. The molecule has 3 rings (SSSR count). The van der Waals surface area contributed by atoms with Crippen LogP contribution < -0.4 is 5.32 Å². The summed E-state index contributed by atoms with van der Waals surface area (Å²) in [5.74, 6) is -2.22. The van der Waals surface area contributed by atoms with Gasteiger partial charge in [0.15, 0.2) is 12.1 Å². The maximum Gasteiger partial charge on any atom is 0.407 e. The Morgan fingerprint density at radius 3 is 2.47 bits per heavy atom. The minimum atomic E-state index is -0.864. The average molecular weight is 452 g/mol. The zero-order chi connectivity index (χ0) is 23.5. The predicted octanol–water partition coefficient (Wildman–Crippen LogP) is 2.76. The van der Waals surface area contributed by atoms with Crippen molar-refractivity contribution >= 4 is 12.1 Å². The minimum absolute atomic E-state index is 0.0596. The van der Waals surface area contributed by atoms with Gasteiger partial charge in [0.1, 0.15) is 36.4 Å². The van der Waals surface area contributed by atoms with Gasteiger partial charge in [-0.3, -0.25) is 4.79 Å². The Morgan fingerprint density at radius 2 is 1.84 bits per heavy atom. The molecule has 1 aromatic rings. The van der Waals surface area contributed by atoms with Crippen LogP contribution in [0.3, 0.4) is 0 Å². The Labute approximate surface area is 188 Å². The van der Waals surface area contributed by atoms with Crippen LogP contribution in [0.5, 0.6) is 0 Å². The van der Waals surface area contributed by atoms with Crippen molar-refractivity contribution in [2.45, 2.75) is 77.2 Å². The molecule has 178 valence electrons. The number of esters is 1. The lowest BCUT2D eigenvalue weighted by molar-refractivity contribution is -0.224. The van der Waals surface area contributed by atoms with Gasteiger partial charge in [-0.25, -0.2) is 4.79 Å². The van der Waals surface area contributed by atoms with Crippen molar-refractivity contribution in [1.29, 1.82) is 0 Å². The molecule has 1 amide bonds. The summed E-state index contributed by atoms with van der Waals surface area (Å²) < 4.78 is 34.2. The van der Waals surface area contributed by atoms with Crippen LogP contribution in [-0.4, -0.2) is 61.7 Å². The van der Waals surface area contributed by atoms with Crippen LogP contribution in [0.2, 0.25) is 0 Å². The zero-order valence-corrected chi connectivity index (χ0v) is 19.5. The number of methoxy groups -OCH3 is 1. The van der Waals surface area contributed by atoms with Crippen molar-refractivity contribution in [3.63, 3.8) is 0 Å². The Balaban J connectivity index is 1.72. The Morgan fingerprint density at radius 1 is 1.16 bits per heavy atom. The van der Waals surface area contributed by atoms with Crippen LogP contribution in [0.1, 0.15) is 40.2 Å². The molecule has 1 aromatic carbocycles. The third-order valence-electron chi connectivity index (χ3n) is 5.09. The number of fused-ring (bicyclic) bond motifs is 1. The zero-order valence-electron chi connectivity index (χ0n) is 19.5. The number of hydrogen-bond donors (Lipinski definition) is 1. The van der Waals surface area contributed by atoms with E-state index in [0.29, 0.717) is 0 Å². The molecule has 2 saturated heterocycles. The van der Waals surface area contributed by atoms with E-state index in [9.17, 15) is 9.59 Å². The monoisotopic (exact) mass is 451 g/mol. The van der Waals surface area contributed by atoms with Gasteiger partial charge < -0.3 is 33.7 Å². The van der Waals surface area contributed by atoms with Crippen molar-refractivity contribution in [3.8, 4) is 0 Å². The highest BCUT2D eigenvalue weighted by molar-refractivity contribution is 5.75. The van der Waals surface area contributed by atoms with Crippen molar-refractivity contribution < 1.29 is 38.0 Å². The van der Waals surface area contributed by atoms with Crippen molar-refractivity contribution in [1.82, 2.24) is 5.32 Å². The number of carbonyl (C=O) groups excluding carboxylic acids is 2. The number of ether oxygens (including phenoxy) is 6. The fourth-order valence-corrected chi connectivity index (χ4v) is 3.77. The highest BCUT2D eigenvalue weighted by Gasteiger charge is 2.58. The molecule has 2 aliphatic rings. The van der Waals surface area contributed by atoms with Gasteiger partial charge in [-0.2, -0.15) is 0 Å². The summed E-state index contributed by atoms with van der Waals surface area (Å²) in [4.78, 5) is 25.3. The SMILES string of the molecule is CO[C@@H]1[C@H]2OC(C)(C)O[C@H]2O[C@@H]1[C@H](CNC(=O)OC(C)(C)C)C(=O)OCc1ccccc1. The number of rotatable bonds is 7. The second kappa shape index (κ2) is 9.74. The van der Waals surface area contributed by atoms with E-state index in [4.69, 9.17) is 28.4 Å². The topological polar surface area (TPSA) is 102 Å². The third kappa shape index (κ3) is 6.19. The molecule has 9 heteroatoms. The molecule has 0 spiro atoms. The predicted molar refractivity (Wildman–Crippen MR) is 113 cm³/mol. The number of amides is 1. The molecule has 2 fully saturated rings. The molecule has 0 unspecified atom stereocenters. The van der Waals surface area contributed by atoms with Gasteiger partial charge in [-0.1, -0.05) is 30.3 Å². The summed E-state index contributed by atoms with van der Waals surface area (Å²) in [5, 5.41) is 2.64. The number of alkyl carbamates (subject to hydrolysis) is 1. The Kier molecular flexibility index (Phi) is 7.44. The van der Waals surface area contributed by atoms with Crippen LogP contribution in [0.15, 0.2) is 30.3 Å². The van der Waals surface area contributed by atoms with Gasteiger partial charge in [-0.15, -0.1) is 0 Å². The number of hydrogen-bond acceptors (Lipinski definition) is 8. The molecular weight excluding hydrogens is 418 g/mol. The van der Waals surface area contributed by atoms with Crippen molar-refractivity contribution in [3.05, 3.63) is 35.9 Å². The Hall–Kier alpha value is -2.20. The van der Waals surface area contributed by atoms with Crippen LogP contribution in [0, 0.1) is 5.92 Å². The van der Waals surface area contributed by atoms with Crippen LogP contribution in [0.4, 0.5) is 4.79 Å². The van der Waals surface area contributed by atoms with Gasteiger partial charge in [0.25, 0.3) is 0 Å². The lowest BCUT2D eigenvalue weighted by Gasteiger charge is -2.29. The second-order valence-electron chi connectivity index (χ2n) is 9.35. The first-order valence-corrected chi connectivity index (χ1v) is 10.7. The standard InChI is InChI=1S/C23H33NO8/c1-22(2,3)32-21(26)24-12-15(19(25)28-13-14-10-8-7-9-11-14)16-17(27-6)18-20(29-16)31-23(4,5)30-18/h7-11,15-18,20H,12-13H2,1-6H3,(H,24,26)/t15-,16+,17-,18+,20+/m0/s1. The molecule has 2 heterocycles. The van der Waals surface area contributed by atoms with Gasteiger partial charge in [0.05, 0.1) is 0 Å². The van der Waals surface area contributed by atoms with Crippen molar-refractivity contribution in [2.75, 3.05) is 13.7 Å². The highest BCUT2D eigenvalue weighted by Crippen LogP contribution is 2.40. The van der Waals surface area contributed by atoms with E-state index in [1.54, 1.807) is 34.6 Å². The second-order valence-corrected chi connectivity index (χ2v) is 9.35. The molecular formula is C23H33NO8. The molecule has 32 heavy (non-hydrogen) atoms. The smallest absolute Gasteiger partial charge is 0.407 e. The normalized spacial score (nSPS) is 27.4. The van der Waals surface area contributed by atoms with E-state index in [1.807, 2.05) is 30.3 Å². The molecule has 5 atom stereocenters. The lowest BCUT2D eigenvalue weighted by Crippen LogP contribution is -2.47. The fourth-order valence-electron chi connectivity index (χ4n) is 3.77. The third-order valence-corrected chi connectivity index (χ3v) is 5.09. The van der Waals surface area contributed by atoms with Crippen LogP contribution in [0.25, 0.3) is 0 Å². The van der Waals surface area contributed by atoms with E-state index in [0.717, 1.165) is 5.56 Å². The first-order valence-electron chi connectivity index (χ1n) is 10.7. The maximum atomic E-state index is 13.1. The number of nitrogens with one attached hydrogen (secondary N) is 1. The number of benzene rings is 1. The van der Waals surface area contributed by atoms with Crippen LogP contribution >= 0.6 is 0 Å². The van der Waals surface area contributed by atoms with Gasteiger partial charge >= 0.3 is 12.1 Å². The summed E-state index contributed by atoms with van der Waals surface area (Å²) in [7, 11) is 1.52. The van der Waals surface area contributed by atoms with E-state index >= 15 is 0 Å². The quantitative estimate of drug-likeness (QED) is 0.632. The largest absolute Gasteiger partial charge is 0.460 e. The van der Waals surface area contributed by atoms with E-state index in [-0.39, 0.29) is 13.2 Å². The van der Waals surface area contributed by atoms with Crippen molar-refractivity contribution in [2.24, 2.45) is 5.92 Å². The molecule has 9 nitrogen and oxygen atoms in total. The summed E-state index contributed by atoms with van der Waals surface area (Å²) in [6, 6.07) is 9.33.